The van der Waals surface area contributed by atoms with E-state index in [0.717, 1.165) is 13.8 Å². The van der Waals surface area contributed by atoms with E-state index in [1.54, 1.807) is 36.4 Å². The van der Waals surface area contributed by atoms with Crippen molar-refractivity contribution < 1.29 is 80.5 Å². The first-order valence-electron chi connectivity index (χ1n) is 23.6. The van der Waals surface area contributed by atoms with Crippen LogP contribution in [-0.4, -0.2) is 125 Å². The first kappa shape index (κ1) is 58.6. The quantitative estimate of drug-likeness (QED) is 0.0306. The minimum Gasteiger partial charge on any atom is -0.468 e. The van der Waals surface area contributed by atoms with E-state index < -0.39 is 99.9 Å². The summed E-state index contributed by atoms with van der Waals surface area (Å²) in [6.45, 7) is 6.83. The number of hydrogen-bond acceptors (Lipinski definition) is 20. The molecule has 78 heavy (non-hydrogen) atoms. The summed E-state index contributed by atoms with van der Waals surface area (Å²) in [6.07, 6.45) is 7.54. The van der Waals surface area contributed by atoms with Crippen molar-refractivity contribution in [2.24, 2.45) is 0 Å². The molecule has 0 bridgehead atoms. The van der Waals surface area contributed by atoms with Gasteiger partial charge in [0.05, 0.1) is 49.3 Å². The van der Waals surface area contributed by atoms with Gasteiger partial charge >= 0.3 is 27.4 Å². The van der Waals surface area contributed by atoms with Gasteiger partial charge in [-0.15, -0.1) is 12.8 Å². The number of fused-ring (bicyclic) bond motifs is 2. The number of alkyl halides is 2. The molecule has 2 fully saturated rings. The fraction of sp³-hybridized carbons (Fsp3) is 0.400. The number of hydrogen-bond donors (Lipinski definition) is 6. The van der Waals surface area contributed by atoms with Crippen molar-refractivity contribution in [1.29, 1.82) is 0 Å². The Bertz CT molecular complexity index is 3160. The molecule has 24 nitrogen and oxygen atoms in total. The van der Waals surface area contributed by atoms with Crippen LogP contribution in [-0.2, 0) is 46.7 Å². The van der Waals surface area contributed by atoms with Crippen molar-refractivity contribution in [2.75, 3.05) is 38.9 Å². The van der Waals surface area contributed by atoms with E-state index in [1.807, 2.05) is 0 Å². The van der Waals surface area contributed by atoms with Crippen LogP contribution in [0, 0.1) is 24.7 Å². The molecule has 2 saturated heterocycles. The first-order valence-corrected chi connectivity index (χ1v) is 26.7. The Labute approximate surface area is 452 Å². The second-order valence-electron chi connectivity index (χ2n) is 19.2. The first-order chi connectivity index (χ1) is 36.7. The van der Waals surface area contributed by atoms with Crippen LogP contribution in [0.4, 0.5) is 20.4 Å². The van der Waals surface area contributed by atoms with Gasteiger partial charge in [0, 0.05) is 18.1 Å². The number of halogens is 2. The Kier molecular flexibility index (Phi) is 17.1. The number of nitrogen functional groups attached to an aromatic ring is 2. The van der Waals surface area contributed by atoms with E-state index in [4.69, 9.17) is 61.4 Å². The van der Waals surface area contributed by atoms with Crippen LogP contribution in [0.3, 0.4) is 0 Å². The summed E-state index contributed by atoms with van der Waals surface area (Å²) in [4.78, 5) is 40.7. The van der Waals surface area contributed by atoms with Crippen LogP contribution in [0.1, 0.15) is 70.8 Å². The number of nitrogens with two attached hydrogens (primary N) is 2. The van der Waals surface area contributed by atoms with Crippen LogP contribution in [0.2, 0.25) is 0 Å². The molecule has 0 radical (unpaired) electrons. The lowest BCUT2D eigenvalue weighted by atomic mass is 9.98. The number of aliphatic hydroxyl groups is 2. The summed E-state index contributed by atoms with van der Waals surface area (Å²) < 4.78 is 106. The van der Waals surface area contributed by atoms with E-state index in [1.165, 1.54) is 100 Å². The highest BCUT2D eigenvalue weighted by molar-refractivity contribution is 7.52. The maximum absolute atomic E-state index is 16.0. The minimum absolute atomic E-state index is 0. The average Bonchev–Trinajstić information content (AvgIpc) is 4.28. The lowest BCUT2D eigenvalue weighted by Crippen LogP contribution is -2.47. The topological polar surface area (TPSA) is 320 Å². The molecule has 0 aliphatic carbocycles. The molecule has 2 aliphatic heterocycles. The Morgan fingerprint density at radius 3 is 1.37 bits per heavy atom. The summed E-state index contributed by atoms with van der Waals surface area (Å²) in [5, 5.41) is 27.5. The molecule has 28 heteroatoms. The maximum atomic E-state index is 16.0. The van der Waals surface area contributed by atoms with Crippen LogP contribution < -0.4 is 30.7 Å². The highest BCUT2D eigenvalue weighted by Crippen LogP contribution is 2.51. The normalized spacial score (nSPS) is 24.7. The van der Waals surface area contributed by atoms with Crippen LogP contribution in [0.5, 0.6) is 11.5 Å². The summed E-state index contributed by atoms with van der Waals surface area (Å²) in [7, 11) is -6.29. The second-order valence-corrected chi connectivity index (χ2v) is 22.5. The number of ether oxygens (including phenoxy) is 4. The Morgan fingerprint density at radius 2 is 1.05 bits per heavy atom. The van der Waals surface area contributed by atoms with Gasteiger partial charge in [-0.2, -0.15) is 10.2 Å². The number of anilines is 2. The number of esters is 2. The van der Waals surface area contributed by atoms with Gasteiger partial charge in [0.25, 0.3) is 0 Å². The molecule has 2 aliphatic rings. The molecule has 8 rings (SSSR count). The van der Waals surface area contributed by atoms with Gasteiger partial charge in [-0.05, 0) is 65.8 Å². The molecule has 2 aromatic carbocycles. The molecule has 2 unspecified atom stereocenters. The number of rotatable bonds is 18. The van der Waals surface area contributed by atoms with E-state index in [0.29, 0.717) is 21.9 Å². The van der Waals surface area contributed by atoms with Crippen molar-refractivity contribution in [3.8, 4) is 36.2 Å². The highest BCUT2D eigenvalue weighted by Gasteiger charge is 2.58. The van der Waals surface area contributed by atoms with E-state index in [-0.39, 0.29) is 40.1 Å². The monoisotopic (exact) mass is 1130 g/mol. The SMILES string of the molecule is C#Cc1cn([C@@H]2O[C@H](COP(=O)(NC(C)(C)C(=O)OC)Oc3ccccc3)[C@@H](O)[C@@]2(C)F)c2ncnc(N)c12.C#Cc1cn([C@@H]2O[C@H](COP(=O)(NC(C)(C)C(=O)OC)Oc3ccccc3)[C@@H](O)[C@@]2(C)F)c2ncnc(N)c12.[HH].[HH].[HH].[HH]. The predicted molar refractivity (Wildman–Crippen MR) is 287 cm³/mol. The van der Waals surface area contributed by atoms with Gasteiger partial charge in [0.15, 0.2) is 23.8 Å². The third kappa shape index (κ3) is 12.0. The number of benzene rings is 2. The molecule has 0 amide bonds. The smallest absolute Gasteiger partial charge is 0.459 e. The van der Waals surface area contributed by atoms with E-state index in [2.05, 4.69) is 42.0 Å². The highest BCUT2D eigenvalue weighted by atomic mass is 31.2. The number of carbonyl (C=O) groups excluding carboxylic acids is 2. The summed E-state index contributed by atoms with van der Waals surface area (Å²) in [5.41, 5.74) is 5.22. The van der Waals surface area contributed by atoms with Gasteiger partial charge in [-0.25, -0.2) is 37.8 Å². The van der Waals surface area contributed by atoms with Crippen molar-refractivity contribution in [3.05, 3.63) is 96.8 Å². The number of aliphatic hydroxyl groups excluding tert-OH is 2. The standard InChI is InChI=1S/2C25H29FN5O7P.4H2/c2*1-6-15-12-31(21-18(15)20(27)28-14-29-21)22-25(4,26)19(32)17(37-22)13-36-39(34,30-24(2,3)23(33)35-5)38-16-10-8-7-9-11-16;;;;/h2*1,7-12,14,17,19,22,32H,13H2,2-5H3,(H,30,34)(H2,27,28,29);4*1H/t2*17-,19-,22-,25-,39?;;;;/m11..../s1. The predicted octanol–water partition coefficient (Wildman–Crippen LogP) is 6.44. The molecule has 4 aromatic heterocycles. The average molecular weight is 1130 g/mol. The number of para-hydroxylation sites is 2. The van der Waals surface area contributed by atoms with Gasteiger partial charge in [0.2, 0.25) is 0 Å². The fourth-order valence-electron chi connectivity index (χ4n) is 8.53. The molecular formula is C50H66F2N10O14P2. The third-order valence-corrected chi connectivity index (χ3v) is 16.1. The van der Waals surface area contributed by atoms with E-state index >= 15 is 8.78 Å². The number of aromatic nitrogens is 6. The second kappa shape index (κ2) is 22.7. The third-order valence-electron chi connectivity index (χ3n) is 12.5. The zero-order valence-electron chi connectivity index (χ0n) is 43.4. The van der Waals surface area contributed by atoms with Crippen LogP contribution in [0.25, 0.3) is 22.1 Å². The number of carbonyl (C=O) groups is 2. The maximum Gasteiger partial charge on any atom is 0.459 e. The Morgan fingerprint density at radius 1 is 0.705 bits per heavy atom. The van der Waals surface area contributed by atoms with Crippen molar-refractivity contribution >= 4 is 61.1 Å². The number of terminal acetylenes is 2. The largest absolute Gasteiger partial charge is 0.468 e. The summed E-state index contributed by atoms with van der Waals surface area (Å²) in [6, 6.07) is 16.2. The fourth-order valence-corrected chi connectivity index (χ4v) is 11.9. The molecule has 0 spiro atoms. The molecular weight excluding hydrogens is 1060 g/mol. The molecule has 10 atom stereocenters. The number of methoxy groups -OCH3 is 2. The van der Waals surface area contributed by atoms with Crippen molar-refractivity contribution in [3.63, 3.8) is 0 Å². The molecule has 6 heterocycles. The Balaban J connectivity index is 0.000000410. The van der Waals surface area contributed by atoms with Crippen molar-refractivity contribution in [1.82, 2.24) is 39.2 Å². The zero-order valence-corrected chi connectivity index (χ0v) is 45.2. The lowest BCUT2D eigenvalue weighted by molar-refractivity contribution is -0.147. The summed E-state index contributed by atoms with van der Waals surface area (Å²) >= 11 is 0. The van der Waals surface area contributed by atoms with Gasteiger partial charge < -0.3 is 58.8 Å². The van der Waals surface area contributed by atoms with Gasteiger partial charge in [0.1, 0.15) is 82.6 Å². The summed E-state index contributed by atoms with van der Waals surface area (Å²) in [5.74, 6) is 4.01. The Hall–Kier alpha value is -7.06. The van der Waals surface area contributed by atoms with Crippen LogP contribution in [0.15, 0.2) is 85.7 Å². The molecule has 6 aromatic rings. The van der Waals surface area contributed by atoms with Gasteiger partial charge in [-0.3, -0.25) is 18.6 Å². The van der Waals surface area contributed by atoms with Gasteiger partial charge in [-0.1, -0.05) is 48.2 Å². The minimum atomic E-state index is -4.32. The van der Waals surface area contributed by atoms with Crippen molar-refractivity contribution in [2.45, 2.75) is 101 Å². The number of nitrogens with zero attached hydrogens (tertiary/aromatic N) is 6. The zero-order chi connectivity index (χ0) is 57.2. The molecule has 424 valence electrons. The van der Waals surface area contributed by atoms with Crippen LogP contribution >= 0.6 is 15.5 Å². The molecule has 0 saturated carbocycles. The lowest BCUT2D eigenvalue weighted by Gasteiger charge is -2.29. The van der Waals surface area contributed by atoms with E-state index in [9.17, 15) is 28.9 Å². The molecule has 8 N–H and O–H groups in total. The number of nitrogens with one attached hydrogen (secondary N) is 2.